The van der Waals surface area contributed by atoms with Crippen LogP contribution in [-0.2, 0) is 16.0 Å². The second-order valence-electron chi connectivity index (χ2n) is 7.76. The van der Waals surface area contributed by atoms with Crippen LogP contribution in [0, 0.1) is 0 Å². The van der Waals surface area contributed by atoms with E-state index in [0.29, 0.717) is 30.5 Å². The molecule has 1 aliphatic rings. The molecule has 0 aromatic heterocycles. The SMILES string of the molecule is COc1cc(NCN2CCSCC2C(=O)OCCCCc2ccccc2)cc(OC)c1OC. The highest BCUT2D eigenvalue weighted by atomic mass is 32.2. The zero-order chi connectivity index (χ0) is 23.5. The number of carbonyl (C=O) groups excluding carboxylic acids is 1. The summed E-state index contributed by atoms with van der Waals surface area (Å²) in [6.07, 6.45) is 2.87. The first kappa shape index (κ1) is 25.1. The van der Waals surface area contributed by atoms with Crippen molar-refractivity contribution in [3.8, 4) is 17.2 Å². The van der Waals surface area contributed by atoms with Gasteiger partial charge >= 0.3 is 5.97 Å². The quantitative estimate of drug-likeness (QED) is 0.365. The Kier molecular flexibility index (Phi) is 10.0. The first-order valence-electron chi connectivity index (χ1n) is 11.2. The number of nitrogens with one attached hydrogen (secondary N) is 1. The topological polar surface area (TPSA) is 69.3 Å². The van der Waals surface area contributed by atoms with Crippen LogP contribution in [0.15, 0.2) is 42.5 Å². The van der Waals surface area contributed by atoms with Crippen LogP contribution in [0.5, 0.6) is 17.2 Å². The molecule has 1 heterocycles. The third kappa shape index (κ3) is 7.20. The van der Waals surface area contributed by atoms with E-state index in [1.54, 1.807) is 33.1 Å². The maximum Gasteiger partial charge on any atom is 0.324 e. The van der Waals surface area contributed by atoms with Crippen molar-refractivity contribution < 1.29 is 23.7 Å². The van der Waals surface area contributed by atoms with E-state index in [4.69, 9.17) is 18.9 Å². The first-order valence-corrected chi connectivity index (χ1v) is 12.4. The smallest absolute Gasteiger partial charge is 0.324 e. The van der Waals surface area contributed by atoms with E-state index in [9.17, 15) is 4.79 Å². The summed E-state index contributed by atoms with van der Waals surface area (Å²) < 4.78 is 21.9. The van der Waals surface area contributed by atoms with E-state index < -0.39 is 0 Å². The van der Waals surface area contributed by atoms with Crippen LogP contribution in [-0.4, -0.2) is 69.6 Å². The molecule has 1 saturated heterocycles. The van der Waals surface area contributed by atoms with Gasteiger partial charge in [-0.3, -0.25) is 9.69 Å². The number of anilines is 1. The van der Waals surface area contributed by atoms with Gasteiger partial charge in [0.05, 0.1) is 34.6 Å². The summed E-state index contributed by atoms with van der Waals surface area (Å²) in [6.45, 7) is 1.80. The predicted octanol–water partition coefficient (Wildman–Crippen LogP) is 4.07. The third-order valence-corrected chi connectivity index (χ3v) is 6.63. The molecule has 0 bridgehead atoms. The van der Waals surface area contributed by atoms with Gasteiger partial charge in [-0.1, -0.05) is 30.3 Å². The molecule has 2 aromatic carbocycles. The van der Waals surface area contributed by atoms with Crippen LogP contribution >= 0.6 is 11.8 Å². The fourth-order valence-corrected chi connectivity index (χ4v) is 4.87. The molecule has 33 heavy (non-hydrogen) atoms. The Balaban J connectivity index is 1.50. The Hall–Kier alpha value is -2.58. The molecule has 2 aromatic rings. The van der Waals surface area contributed by atoms with E-state index >= 15 is 0 Å². The van der Waals surface area contributed by atoms with Crippen molar-refractivity contribution in [2.45, 2.75) is 25.3 Å². The Morgan fingerprint density at radius 1 is 1.06 bits per heavy atom. The van der Waals surface area contributed by atoms with Crippen molar-refractivity contribution in [2.24, 2.45) is 0 Å². The molecule has 0 spiro atoms. The monoisotopic (exact) mass is 474 g/mol. The number of benzene rings is 2. The number of methoxy groups -OCH3 is 3. The molecular formula is C25H34N2O5S. The van der Waals surface area contributed by atoms with Crippen molar-refractivity contribution in [1.82, 2.24) is 4.90 Å². The number of ether oxygens (including phenoxy) is 4. The number of nitrogens with zero attached hydrogens (tertiary/aromatic N) is 1. The van der Waals surface area contributed by atoms with Crippen LogP contribution in [0.3, 0.4) is 0 Å². The van der Waals surface area contributed by atoms with Crippen molar-refractivity contribution in [2.75, 3.05) is 58.0 Å². The highest BCUT2D eigenvalue weighted by Crippen LogP contribution is 2.40. The normalized spacial score (nSPS) is 16.2. The van der Waals surface area contributed by atoms with Gasteiger partial charge in [-0.2, -0.15) is 11.8 Å². The maximum atomic E-state index is 12.8. The van der Waals surface area contributed by atoms with Gasteiger partial charge in [-0.05, 0) is 24.8 Å². The second kappa shape index (κ2) is 13.2. The zero-order valence-corrected chi connectivity index (χ0v) is 20.5. The molecule has 0 aliphatic carbocycles. The zero-order valence-electron chi connectivity index (χ0n) is 19.7. The number of rotatable bonds is 12. The lowest BCUT2D eigenvalue weighted by molar-refractivity contribution is -0.149. The lowest BCUT2D eigenvalue weighted by Crippen LogP contribution is -2.49. The molecule has 8 heteroatoms. The van der Waals surface area contributed by atoms with Crippen molar-refractivity contribution in [3.05, 3.63) is 48.0 Å². The average molecular weight is 475 g/mol. The molecular weight excluding hydrogens is 440 g/mol. The standard InChI is InChI=1S/C25H34N2O5S/c1-29-22-15-20(16-23(30-2)24(22)31-3)26-18-27-12-14-33-17-21(27)25(28)32-13-8-7-11-19-9-5-4-6-10-19/h4-6,9-10,15-16,21,26H,7-8,11-14,17-18H2,1-3H3. The molecule has 0 amide bonds. The molecule has 3 rings (SSSR count). The Bertz CT molecular complexity index is 855. The summed E-state index contributed by atoms with van der Waals surface area (Å²) in [6, 6.07) is 13.9. The van der Waals surface area contributed by atoms with Gasteiger partial charge < -0.3 is 24.3 Å². The number of hydrogen-bond acceptors (Lipinski definition) is 8. The number of thioether (sulfide) groups is 1. The van der Waals surface area contributed by atoms with E-state index in [2.05, 4.69) is 34.5 Å². The van der Waals surface area contributed by atoms with E-state index in [1.807, 2.05) is 18.2 Å². The van der Waals surface area contributed by atoms with Gasteiger partial charge in [0.2, 0.25) is 5.75 Å². The number of unbranched alkanes of at least 4 members (excludes halogenated alkanes) is 1. The van der Waals surface area contributed by atoms with Crippen LogP contribution < -0.4 is 19.5 Å². The molecule has 1 unspecified atom stereocenters. The van der Waals surface area contributed by atoms with Crippen LogP contribution in [0.2, 0.25) is 0 Å². The second-order valence-corrected chi connectivity index (χ2v) is 8.91. The van der Waals surface area contributed by atoms with Crippen molar-refractivity contribution in [3.63, 3.8) is 0 Å². The van der Waals surface area contributed by atoms with E-state index in [0.717, 1.165) is 43.0 Å². The Morgan fingerprint density at radius 3 is 2.45 bits per heavy atom. The lowest BCUT2D eigenvalue weighted by Gasteiger charge is -2.34. The maximum absolute atomic E-state index is 12.8. The van der Waals surface area contributed by atoms with Crippen LogP contribution in [0.4, 0.5) is 5.69 Å². The van der Waals surface area contributed by atoms with E-state index in [-0.39, 0.29) is 12.0 Å². The molecule has 7 nitrogen and oxygen atoms in total. The van der Waals surface area contributed by atoms with Crippen LogP contribution in [0.1, 0.15) is 18.4 Å². The molecule has 1 aliphatic heterocycles. The lowest BCUT2D eigenvalue weighted by atomic mass is 10.1. The van der Waals surface area contributed by atoms with Crippen molar-refractivity contribution >= 4 is 23.4 Å². The first-order chi connectivity index (χ1) is 16.2. The fraction of sp³-hybridized carbons (Fsp3) is 0.480. The van der Waals surface area contributed by atoms with Crippen LogP contribution in [0.25, 0.3) is 0 Å². The van der Waals surface area contributed by atoms with Crippen molar-refractivity contribution in [1.29, 1.82) is 0 Å². The van der Waals surface area contributed by atoms with Gasteiger partial charge in [-0.25, -0.2) is 0 Å². The molecule has 0 saturated carbocycles. The number of aryl methyl sites for hydroxylation is 1. The number of hydrogen-bond donors (Lipinski definition) is 1. The predicted molar refractivity (Wildman–Crippen MR) is 133 cm³/mol. The highest BCUT2D eigenvalue weighted by molar-refractivity contribution is 7.99. The average Bonchev–Trinajstić information content (AvgIpc) is 2.87. The summed E-state index contributed by atoms with van der Waals surface area (Å²) in [4.78, 5) is 14.9. The minimum Gasteiger partial charge on any atom is -0.493 e. The fourth-order valence-electron chi connectivity index (χ4n) is 3.77. The Labute approximate surface area is 200 Å². The molecule has 0 radical (unpaired) electrons. The highest BCUT2D eigenvalue weighted by Gasteiger charge is 2.30. The molecule has 1 atom stereocenters. The van der Waals surface area contributed by atoms with Gasteiger partial charge in [0.25, 0.3) is 0 Å². The third-order valence-electron chi connectivity index (χ3n) is 5.61. The summed E-state index contributed by atoms with van der Waals surface area (Å²) >= 11 is 1.79. The van der Waals surface area contributed by atoms with Gasteiger partial charge in [0, 0.05) is 35.9 Å². The summed E-state index contributed by atoms with van der Waals surface area (Å²) in [7, 11) is 4.76. The minimum absolute atomic E-state index is 0.145. The van der Waals surface area contributed by atoms with Gasteiger partial charge in [-0.15, -0.1) is 0 Å². The van der Waals surface area contributed by atoms with Gasteiger partial charge in [0.15, 0.2) is 11.5 Å². The number of esters is 1. The molecule has 1 N–H and O–H groups in total. The summed E-state index contributed by atoms with van der Waals surface area (Å²) in [5, 5.41) is 3.39. The Morgan fingerprint density at radius 2 is 1.79 bits per heavy atom. The minimum atomic E-state index is -0.257. The van der Waals surface area contributed by atoms with Gasteiger partial charge in [0.1, 0.15) is 6.04 Å². The summed E-state index contributed by atoms with van der Waals surface area (Å²) in [5.74, 6) is 3.29. The number of carbonyl (C=O) groups is 1. The largest absolute Gasteiger partial charge is 0.493 e. The summed E-state index contributed by atoms with van der Waals surface area (Å²) in [5.41, 5.74) is 2.15. The van der Waals surface area contributed by atoms with E-state index in [1.165, 1.54) is 5.56 Å². The molecule has 1 fully saturated rings. The molecule has 180 valence electrons.